The Morgan fingerprint density at radius 1 is 1.09 bits per heavy atom. The molecule has 0 aliphatic heterocycles. The Labute approximate surface area is 193 Å². The molecule has 0 radical (unpaired) electrons. The Morgan fingerprint density at radius 2 is 1.76 bits per heavy atom. The van der Waals surface area contributed by atoms with Gasteiger partial charge in [0, 0.05) is 20.3 Å². The molecule has 10 nitrogen and oxygen atoms in total. The highest BCUT2D eigenvalue weighted by atomic mass is 32.2. The third-order valence-corrected chi connectivity index (χ3v) is 5.25. The number of nitrogens with one attached hydrogen (secondary N) is 1. The number of nitrogens with two attached hydrogens (primary N) is 1. The van der Waals surface area contributed by atoms with Crippen LogP contribution < -0.4 is 24.7 Å². The number of benzene rings is 2. The van der Waals surface area contributed by atoms with Gasteiger partial charge in [-0.25, -0.2) is 13.6 Å². The van der Waals surface area contributed by atoms with Crippen LogP contribution in [0.1, 0.15) is 32.8 Å². The lowest BCUT2D eigenvalue weighted by Crippen LogP contribution is -2.53. The second kappa shape index (κ2) is 11.0. The fourth-order valence-corrected chi connectivity index (χ4v) is 3.77. The molecule has 0 saturated heterocycles. The maximum atomic E-state index is 12.6. The number of hydrogen-bond donors (Lipinski definition) is 2. The van der Waals surface area contributed by atoms with Gasteiger partial charge in [0.2, 0.25) is 15.9 Å². The summed E-state index contributed by atoms with van der Waals surface area (Å²) in [6, 6.07) is 11.2. The first kappa shape index (κ1) is 25.9. The lowest BCUT2D eigenvalue weighted by Gasteiger charge is -2.30. The average Bonchev–Trinajstić information content (AvgIpc) is 2.72. The SMILES string of the molecule is CCOc1ccccc1O[C@](C)(NC(C)=O)OC(=O)CCc1ccc(OC)c(S(N)(=O)=O)c1. The average molecular weight is 481 g/mol. The van der Waals surface area contributed by atoms with Crippen LogP contribution in [-0.4, -0.2) is 39.9 Å². The summed E-state index contributed by atoms with van der Waals surface area (Å²) in [6.45, 7) is 4.85. The minimum Gasteiger partial charge on any atom is -0.495 e. The van der Waals surface area contributed by atoms with Gasteiger partial charge in [0.25, 0.3) is 0 Å². The summed E-state index contributed by atoms with van der Waals surface area (Å²) in [6.07, 6.45) is 0.0268. The van der Waals surface area contributed by atoms with E-state index in [-0.39, 0.29) is 29.2 Å². The minimum atomic E-state index is -4.01. The van der Waals surface area contributed by atoms with Gasteiger partial charge in [0.1, 0.15) is 10.6 Å². The second-order valence-corrected chi connectivity index (χ2v) is 8.64. The van der Waals surface area contributed by atoms with Crippen LogP contribution in [0.5, 0.6) is 17.2 Å². The highest BCUT2D eigenvalue weighted by molar-refractivity contribution is 7.89. The van der Waals surface area contributed by atoms with E-state index < -0.39 is 27.8 Å². The predicted octanol–water partition coefficient (Wildman–Crippen LogP) is 2.11. The fourth-order valence-electron chi connectivity index (χ4n) is 3.02. The molecular weight excluding hydrogens is 452 g/mol. The number of esters is 1. The Morgan fingerprint density at radius 3 is 2.33 bits per heavy atom. The van der Waals surface area contributed by atoms with Crippen molar-refractivity contribution in [2.24, 2.45) is 5.14 Å². The van der Waals surface area contributed by atoms with E-state index in [9.17, 15) is 18.0 Å². The molecule has 0 saturated carbocycles. The number of sulfonamides is 1. The molecule has 33 heavy (non-hydrogen) atoms. The topological polar surface area (TPSA) is 143 Å². The molecule has 0 aliphatic rings. The van der Waals surface area contributed by atoms with Crippen molar-refractivity contribution in [2.45, 2.75) is 44.4 Å². The molecule has 2 rings (SSSR count). The van der Waals surface area contributed by atoms with Crippen molar-refractivity contribution in [3.05, 3.63) is 48.0 Å². The smallest absolute Gasteiger partial charge is 0.337 e. The van der Waals surface area contributed by atoms with E-state index >= 15 is 0 Å². The van der Waals surface area contributed by atoms with Crippen LogP contribution in [0.2, 0.25) is 0 Å². The lowest BCUT2D eigenvalue weighted by atomic mass is 10.1. The maximum Gasteiger partial charge on any atom is 0.337 e. The van der Waals surface area contributed by atoms with Crippen molar-refractivity contribution in [1.82, 2.24) is 5.32 Å². The number of hydrogen-bond acceptors (Lipinski definition) is 8. The highest BCUT2D eigenvalue weighted by Gasteiger charge is 2.33. The van der Waals surface area contributed by atoms with Crippen LogP contribution in [-0.2, 0) is 30.8 Å². The summed E-state index contributed by atoms with van der Waals surface area (Å²) in [4.78, 5) is 24.1. The number of para-hydroxylation sites is 2. The molecule has 11 heteroatoms. The van der Waals surface area contributed by atoms with Crippen molar-refractivity contribution in [1.29, 1.82) is 0 Å². The van der Waals surface area contributed by atoms with Gasteiger partial charge in [0.05, 0.1) is 13.7 Å². The van der Waals surface area contributed by atoms with Crippen molar-refractivity contribution >= 4 is 21.9 Å². The van der Waals surface area contributed by atoms with Gasteiger partial charge in [-0.15, -0.1) is 0 Å². The summed E-state index contributed by atoms with van der Waals surface area (Å²) in [7, 11) is -2.69. The summed E-state index contributed by atoms with van der Waals surface area (Å²) >= 11 is 0. The van der Waals surface area contributed by atoms with E-state index in [1.165, 1.54) is 33.1 Å². The van der Waals surface area contributed by atoms with Crippen molar-refractivity contribution in [3.63, 3.8) is 0 Å². The number of primary sulfonamides is 1. The highest BCUT2D eigenvalue weighted by Crippen LogP contribution is 2.30. The van der Waals surface area contributed by atoms with Crippen LogP contribution in [0.4, 0.5) is 0 Å². The number of carbonyl (C=O) groups excluding carboxylic acids is 2. The first-order valence-electron chi connectivity index (χ1n) is 10.1. The van der Waals surface area contributed by atoms with Crippen LogP contribution in [0.15, 0.2) is 47.4 Å². The summed E-state index contributed by atoms with van der Waals surface area (Å²) in [5.41, 5.74) is 0.528. The van der Waals surface area contributed by atoms with Gasteiger partial charge < -0.3 is 18.9 Å². The molecule has 1 amide bonds. The van der Waals surface area contributed by atoms with Crippen LogP contribution in [0.3, 0.4) is 0 Å². The zero-order valence-electron chi connectivity index (χ0n) is 18.9. The number of amides is 1. The van der Waals surface area contributed by atoms with Gasteiger partial charge in [-0.2, -0.15) is 0 Å². The van der Waals surface area contributed by atoms with E-state index in [0.29, 0.717) is 17.9 Å². The molecule has 0 fully saturated rings. The molecule has 0 aliphatic carbocycles. The maximum absolute atomic E-state index is 12.6. The number of aryl methyl sites for hydroxylation is 1. The van der Waals surface area contributed by atoms with E-state index in [1.807, 2.05) is 6.92 Å². The van der Waals surface area contributed by atoms with Crippen LogP contribution in [0, 0.1) is 0 Å². The zero-order valence-corrected chi connectivity index (χ0v) is 19.7. The summed E-state index contributed by atoms with van der Waals surface area (Å²) in [5.74, 6) is -2.18. The van der Waals surface area contributed by atoms with Crippen molar-refractivity contribution in [2.75, 3.05) is 13.7 Å². The molecule has 180 valence electrons. The lowest BCUT2D eigenvalue weighted by molar-refractivity contribution is -0.203. The predicted molar refractivity (Wildman–Crippen MR) is 119 cm³/mol. The van der Waals surface area contributed by atoms with E-state index in [0.717, 1.165) is 0 Å². The third kappa shape index (κ3) is 7.65. The summed E-state index contributed by atoms with van der Waals surface area (Å²) in [5, 5.41) is 7.70. The van der Waals surface area contributed by atoms with Gasteiger partial charge >= 0.3 is 11.9 Å². The first-order chi connectivity index (χ1) is 15.5. The number of rotatable bonds is 11. The van der Waals surface area contributed by atoms with Gasteiger partial charge in [-0.1, -0.05) is 18.2 Å². The van der Waals surface area contributed by atoms with E-state index in [4.69, 9.17) is 24.1 Å². The number of methoxy groups -OCH3 is 1. The molecule has 0 spiro atoms. The first-order valence-corrected chi connectivity index (χ1v) is 11.6. The molecule has 1 atom stereocenters. The monoisotopic (exact) mass is 480 g/mol. The van der Waals surface area contributed by atoms with Crippen molar-refractivity contribution < 1.29 is 37.0 Å². The normalized spacial score (nSPS) is 12.9. The van der Waals surface area contributed by atoms with Gasteiger partial charge in [0.15, 0.2) is 11.5 Å². The largest absolute Gasteiger partial charge is 0.495 e. The fraction of sp³-hybridized carbons (Fsp3) is 0.364. The zero-order chi connectivity index (χ0) is 24.6. The molecule has 0 bridgehead atoms. The van der Waals surface area contributed by atoms with Crippen molar-refractivity contribution in [3.8, 4) is 17.2 Å². The third-order valence-electron chi connectivity index (χ3n) is 4.32. The quantitative estimate of drug-likeness (QED) is 0.368. The Balaban J connectivity index is 2.15. The second-order valence-electron chi connectivity index (χ2n) is 7.11. The minimum absolute atomic E-state index is 0.100. The molecule has 0 aromatic heterocycles. The van der Waals surface area contributed by atoms with Crippen LogP contribution >= 0.6 is 0 Å². The Kier molecular flexibility index (Phi) is 8.66. The number of carbonyl (C=O) groups is 2. The van der Waals surface area contributed by atoms with E-state index in [2.05, 4.69) is 5.32 Å². The van der Waals surface area contributed by atoms with Gasteiger partial charge in [-0.3, -0.25) is 14.9 Å². The van der Waals surface area contributed by atoms with Gasteiger partial charge in [-0.05, 0) is 43.2 Å². The Bertz CT molecular complexity index is 1100. The molecule has 0 unspecified atom stereocenters. The van der Waals surface area contributed by atoms with Crippen LogP contribution in [0.25, 0.3) is 0 Å². The Hall–Kier alpha value is -3.31. The summed E-state index contributed by atoms with van der Waals surface area (Å²) < 4.78 is 45.3. The standard InChI is InChI=1S/C22H28N2O8S/c1-5-30-17-8-6-7-9-18(17)31-22(3,24-15(2)25)32-21(26)13-11-16-10-12-19(29-4)20(14-16)33(23,27)28/h6-10,12,14H,5,11,13H2,1-4H3,(H,24,25)(H2,23,27,28)/t22-/m0/s1. The van der Waals surface area contributed by atoms with E-state index in [1.54, 1.807) is 30.3 Å². The molecule has 0 heterocycles. The number of ether oxygens (including phenoxy) is 4. The molecule has 3 N–H and O–H groups in total. The molecular formula is C22H28N2O8S. The molecule has 2 aromatic rings. The molecule has 2 aromatic carbocycles.